The number of nitrogens with one attached hydrogen (secondary N) is 2. The van der Waals surface area contributed by atoms with E-state index in [0.29, 0.717) is 40.4 Å². The minimum absolute atomic E-state index is 0.153. The average Bonchev–Trinajstić information content (AvgIpc) is 3.57. The van der Waals surface area contributed by atoms with Crippen LogP contribution >= 0.6 is 23.2 Å². The summed E-state index contributed by atoms with van der Waals surface area (Å²) in [5.41, 5.74) is 7.32. The van der Waals surface area contributed by atoms with Crippen molar-refractivity contribution in [1.82, 2.24) is 19.2 Å². The van der Waals surface area contributed by atoms with Crippen molar-refractivity contribution in [2.75, 3.05) is 36.4 Å². The first kappa shape index (κ1) is 36.7. The van der Waals surface area contributed by atoms with Gasteiger partial charge in [0, 0.05) is 59.4 Å². The highest BCUT2D eigenvalue weighted by atomic mass is 35.5. The number of hydrogen-bond donors (Lipinski definition) is 3. The molecule has 2 heterocycles. The normalized spacial score (nSPS) is 15.7. The van der Waals surface area contributed by atoms with Gasteiger partial charge < -0.3 is 19.7 Å². The fourth-order valence-electron chi connectivity index (χ4n) is 7.20. The van der Waals surface area contributed by atoms with Crippen LogP contribution in [0, 0.1) is 0 Å². The summed E-state index contributed by atoms with van der Waals surface area (Å²) < 4.78 is 23.6. The molecule has 0 bridgehead atoms. The highest BCUT2D eigenvalue weighted by Crippen LogP contribution is 2.32. The second-order valence-corrected chi connectivity index (χ2v) is 15.0. The maximum Gasteiger partial charge on any atom is 0.261 e. The number of halogens is 2. The van der Waals surface area contributed by atoms with Gasteiger partial charge in [0.05, 0.1) is 23.8 Å². The Morgan fingerprint density at radius 2 is 1.55 bits per heavy atom. The third-order valence-corrected chi connectivity index (χ3v) is 10.9. The van der Waals surface area contributed by atoms with Crippen LogP contribution in [-0.2, 0) is 27.3 Å². The Labute approximate surface area is 321 Å². The molecule has 1 aromatic heterocycles. The fraction of sp³-hybridized carbons (Fsp3) is 0.275. The van der Waals surface area contributed by atoms with E-state index in [2.05, 4.69) is 63.6 Å². The molecule has 1 saturated heterocycles. The number of imidazole rings is 1. The van der Waals surface area contributed by atoms with E-state index in [4.69, 9.17) is 32.7 Å². The Kier molecular flexibility index (Phi) is 11.5. The van der Waals surface area contributed by atoms with Gasteiger partial charge in [-0.15, -0.1) is 0 Å². The number of carbonyl (C=O) groups excluding carboxylic acids is 2. The molecule has 1 saturated carbocycles. The van der Waals surface area contributed by atoms with Gasteiger partial charge in [-0.3, -0.25) is 18.9 Å². The second-order valence-electron chi connectivity index (χ2n) is 13.4. The van der Waals surface area contributed by atoms with E-state index < -0.39 is 17.2 Å². The third-order valence-electron chi connectivity index (χ3n) is 9.94. The van der Waals surface area contributed by atoms with E-state index in [1.54, 1.807) is 12.1 Å². The van der Waals surface area contributed by atoms with Crippen molar-refractivity contribution in [2.24, 2.45) is 0 Å². The number of benzene rings is 4. The Balaban J connectivity index is 1.06. The Hall–Kier alpha value is -4.68. The lowest BCUT2D eigenvalue weighted by Gasteiger charge is -2.41. The zero-order valence-electron chi connectivity index (χ0n) is 29.0. The van der Waals surface area contributed by atoms with Gasteiger partial charge in [0.1, 0.15) is 5.82 Å². The molecule has 2 fully saturated rings. The SMILES string of the molecule is O=C(CNc1ccc(-n2cc(-c3ccc(Cl)cc3Cl)nc2Cc2ccc(-c3ccc(N4CCN(C5CCCCC5)C(=O)C4)cc3)cc2)cc1)NS(=O)O. The average molecular weight is 772 g/mol. The van der Waals surface area contributed by atoms with Crippen LogP contribution in [0.25, 0.3) is 28.1 Å². The summed E-state index contributed by atoms with van der Waals surface area (Å²) >= 11 is 10.4. The van der Waals surface area contributed by atoms with Crippen molar-refractivity contribution < 1.29 is 18.4 Å². The van der Waals surface area contributed by atoms with Crippen molar-refractivity contribution >= 4 is 57.7 Å². The van der Waals surface area contributed by atoms with E-state index in [9.17, 15) is 13.8 Å². The molecular formula is C40H40Cl2N6O4S. The Bertz CT molecular complexity index is 2100. The lowest BCUT2D eigenvalue weighted by Crippen LogP contribution is -2.54. The summed E-state index contributed by atoms with van der Waals surface area (Å²) in [6, 6.07) is 30.1. The molecule has 3 N–H and O–H groups in total. The molecular weight excluding hydrogens is 731 g/mol. The van der Waals surface area contributed by atoms with Crippen LogP contribution in [-0.4, -0.2) is 67.2 Å². The van der Waals surface area contributed by atoms with E-state index >= 15 is 0 Å². The monoisotopic (exact) mass is 770 g/mol. The quantitative estimate of drug-likeness (QED) is 0.118. The molecule has 1 aliphatic carbocycles. The summed E-state index contributed by atoms with van der Waals surface area (Å²) in [5.74, 6) is 0.435. The largest absolute Gasteiger partial charge is 0.376 e. The first-order valence-corrected chi connectivity index (χ1v) is 19.6. The van der Waals surface area contributed by atoms with Crippen molar-refractivity contribution in [1.29, 1.82) is 0 Å². The van der Waals surface area contributed by atoms with Crippen LogP contribution in [0.1, 0.15) is 43.5 Å². The molecule has 10 nitrogen and oxygen atoms in total. The summed E-state index contributed by atoms with van der Waals surface area (Å²) in [4.78, 5) is 34.2. The van der Waals surface area contributed by atoms with Gasteiger partial charge in [0.15, 0.2) is 0 Å². The van der Waals surface area contributed by atoms with Gasteiger partial charge >= 0.3 is 0 Å². The number of anilines is 2. The molecule has 5 aromatic rings. The zero-order chi connectivity index (χ0) is 36.9. The van der Waals surface area contributed by atoms with Crippen LogP contribution in [0.2, 0.25) is 10.0 Å². The van der Waals surface area contributed by atoms with Crippen molar-refractivity contribution in [3.05, 3.63) is 119 Å². The lowest BCUT2D eigenvalue weighted by molar-refractivity contribution is -0.134. The van der Waals surface area contributed by atoms with Crippen molar-refractivity contribution in [2.45, 2.75) is 44.6 Å². The highest BCUT2D eigenvalue weighted by Gasteiger charge is 2.30. The predicted molar refractivity (Wildman–Crippen MR) is 212 cm³/mol. The number of hydrogen-bond acceptors (Lipinski definition) is 6. The molecule has 0 spiro atoms. The molecule has 1 aliphatic heterocycles. The second kappa shape index (κ2) is 16.6. The maximum atomic E-state index is 13.1. The summed E-state index contributed by atoms with van der Waals surface area (Å²) in [5, 5.41) is 3.99. The zero-order valence-corrected chi connectivity index (χ0v) is 31.3. The van der Waals surface area contributed by atoms with Crippen LogP contribution < -0.4 is 14.9 Å². The smallest absolute Gasteiger partial charge is 0.261 e. The van der Waals surface area contributed by atoms with E-state index in [1.165, 1.54) is 19.3 Å². The van der Waals surface area contributed by atoms with Crippen LogP contribution in [0.3, 0.4) is 0 Å². The van der Waals surface area contributed by atoms with Gasteiger partial charge in [0.2, 0.25) is 5.91 Å². The topological polar surface area (TPSA) is 120 Å². The van der Waals surface area contributed by atoms with E-state index in [-0.39, 0.29) is 12.5 Å². The number of nitrogens with zero attached hydrogens (tertiary/aromatic N) is 4. The van der Waals surface area contributed by atoms with Crippen LogP contribution in [0.5, 0.6) is 0 Å². The number of carbonyl (C=O) groups is 2. The lowest BCUT2D eigenvalue weighted by atomic mass is 9.93. The molecule has 2 aliphatic rings. The van der Waals surface area contributed by atoms with Gasteiger partial charge in [-0.2, -0.15) is 0 Å². The molecule has 7 rings (SSSR count). The number of aromatic nitrogens is 2. The number of piperazine rings is 1. The van der Waals surface area contributed by atoms with E-state index in [1.807, 2.05) is 45.8 Å². The minimum atomic E-state index is -2.41. The molecule has 13 heteroatoms. The summed E-state index contributed by atoms with van der Waals surface area (Å²) in [6.07, 6.45) is 8.50. The molecule has 4 aromatic carbocycles. The maximum absolute atomic E-state index is 13.1. The Morgan fingerprint density at radius 1 is 0.868 bits per heavy atom. The fourth-order valence-corrected chi connectivity index (χ4v) is 7.97. The Morgan fingerprint density at radius 3 is 2.21 bits per heavy atom. The molecule has 2 amide bonds. The van der Waals surface area contributed by atoms with Crippen molar-refractivity contribution in [3.8, 4) is 28.1 Å². The van der Waals surface area contributed by atoms with Crippen LogP contribution in [0.15, 0.2) is 97.2 Å². The molecule has 53 heavy (non-hydrogen) atoms. The minimum Gasteiger partial charge on any atom is -0.376 e. The van der Waals surface area contributed by atoms with Gasteiger partial charge in [-0.05, 0) is 84.1 Å². The molecule has 0 radical (unpaired) electrons. The molecule has 1 unspecified atom stereocenters. The number of rotatable bonds is 11. The van der Waals surface area contributed by atoms with Gasteiger partial charge in [0.25, 0.3) is 17.2 Å². The molecule has 274 valence electrons. The van der Waals surface area contributed by atoms with Gasteiger partial charge in [-0.25, -0.2) is 9.19 Å². The van der Waals surface area contributed by atoms with E-state index in [0.717, 1.165) is 65.4 Å². The highest BCUT2D eigenvalue weighted by molar-refractivity contribution is 7.77. The first-order valence-electron chi connectivity index (χ1n) is 17.7. The van der Waals surface area contributed by atoms with Crippen molar-refractivity contribution in [3.63, 3.8) is 0 Å². The standard InChI is InChI=1S/C40H40Cl2N6O4S/c41-30-12-19-35(36(42)23-30)37-25-48(34-17-13-31(14-18-34)43-24-39(49)45-53(51)52)38(44-37)22-27-6-8-28(9-7-27)29-10-15-32(16-11-29)46-20-21-47(40(50)26-46)33-4-2-1-3-5-33/h6-19,23,25,33,43H,1-5,20-22,24,26H2,(H,45,49)(H,51,52). The summed E-state index contributed by atoms with van der Waals surface area (Å²) in [6.45, 7) is 1.92. The summed E-state index contributed by atoms with van der Waals surface area (Å²) in [7, 11) is 0. The van der Waals surface area contributed by atoms with Crippen LogP contribution in [0.4, 0.5) is 11.4 Å². The first-order chi connectivity index (χ1) is 25.7. The predicted octanol–water partition coefficient (Wildman–Crippen LogP) is 7.75. The van der Waals surface area contributed by atoms with Gasteiger partial charge in [-0.1, -0.05) is 78.9 Å². The third kappa shape index (κ3) is 8.93. The number of amides is 2. The molecule has 1 atom stereocenters.